The van der Waals surface area contributed by atoms with Gasteiger partial charge in [0, 0.05) is 0 Å². The van der Waals surface area contributed by atoms with E-state index in [4.69, 9.17) is 0 Å². The van der Waals surface area contributed by atoms with Gasteiger partial charge >= 0.3 is 0 Å². The van der Waals surface area contributed by atoms with Gasteiger partial charge in [-0.25, -0.2) is 0 Å². The van der Waals surface area contributed by atoms with Gasteiger partial charge in [-0.1, -0.05) is 91.9 Å². The van der Waals surface area contributed by atoms with Gasteiger partial charge in [0.1, 0.15) is 0 Å². The summed E-state index contributed by atoms with van der Waals surface area (Å²) in [6.45, 7) is 9.39. The zero-order chi connectivity index (χ0) is 12.9. The van der Waals surface area contributed by atoms with Crippen LogP contribution in [-0.4, -0.2) is 0 Å². The van der Waals surface area contributed by atoms with Gasteiger partial charge in [-0.15, -0.1) is 0 Å². The van der Waals surface area contributed by atoms with Crippen molar-refractivity contribution >= 4 is 0 Å². The highest BCUT2D eigenvalue weighted by Gasteiger charge is 2.11. The first-order chi connectivity index (χ1) is 8.24. The van der Waals surface area contributed by atoms with Crippen molar-refractivity contribution in [2.24, 2.45) is 11.8 Å². The quantitative estimate of drug-likeness (QED) is 0.338. The molecule has 0 aromatic heterocycles. The minimum atomic E-state index is 0.937. The molecule has 0 rings (SSSR count). The molecule has 0 heteroatoms. The van der Waals surface area contributed by atoms with Crippen LogP contribution in [0.3, 0.4) is 0 Å². The Kier molecular flexibility index (Phi) is 12.5. The summed E-state index contributed by atoms with van der Waals surface area (Å²) in [7, 11) is 0. The molecule has 17 heavy (non-hydrogen) atoms. The van der Waals surface area contributed by atoms with E-state index in [1.807, 2.05) is 0 Å². The summed E-state index contributed by atoms with van der Waals surface area (Å²) in [4.78, 5) is 0. The third-order valence-corrected chi connectivity index (χ3v) is 4.10. The molecule has 0 amide bonds. The van der Waals surface area contributed by atoms with Crippen molar-refractivity contribution in [2.75, 3.05) is 0 Å². The lowest BCUT2D eigenvalue weighted by Gasteiger charge is -2.19. The van der Waals surface area contributed by atoms with E-state index in [0.29, 0.717) is 0 Å². The molecule has 2 unspecified atom stereocenters. The van der Waals surface area contributed by atoms with E-state index >= 15 is 0 Å². The Morgan fingerprint density at radius 2 is 1.35 bits per heavy atom. The second kappa shape index (κ2) is 12.5. The SMILES string of the molecule is CCCCCCCCC(CCC)CC(C)CC. The predicted octanol–water partition coefficient (Wildman–Crippen LogP) is 6.59. The lowest BCUT2D eigenvalue weighted by atomic mass is 9.87. The molecule has 2 atom stereocenters. The number of hydrogen-bond acceptors (Lipinski definition) is 0. The van der Waals surface area contributed by atoms with Crippen LogP contribution in [0.25, 0.3) is 0 Å². The molecule has 0 aliphatic rings. The number of hydrogen-bond donors (Lipinski definition) is 0. The first kappa shape index (κ1) is 17.0. The van der Waals surface area contributed by atoms with Gasteiger partial charge in [0.05, 0.1) is 0 Å². The second-order valence-electron chi connectivity index (χ2n) is 5.96. The zero-order valence-corrected chi connectivity index (χ0v) is 12.9. The molecule has 0 saturated carbocycles. The molecule has 0 aromatic carbocycles. The van der Waals surface area contributed by atoms with Crippen LogP contribution in [-0.2, 0) is 0 Å². The Morgan fingerprint density at radius 1 is 0.706 bits per heavy atom. The van der Waals surface area contributed by atoms with Crippen LogP contribution in [0.1, 0.15) is 98.3 Å². The maximum absolute atomic E-state index is 2.42. The summed E-state index contributed by atoms with van der Waals surface area (Å²) in [5.74, 6) is 1.95. The average molecular weight is 240 g/mol. The molecule has 0 spiro atoms. The highest BCUT2D eigenvalue weighted by Crippen LogP contribution is 2.25. The molecule has 104 valence electrons. The third-order valence-electron chi connectivity index (χ3n) is 4.10. The Hall–Kier alpha value is 0. The third kappa shape index (κ3) is 10.9. The molecule has 0 radical (unpaired) electrons. The molecule has 0 aliphatic carbocycles. The van der Waals surface area contributed by atoms with E-state index in [2.05, 4.69) is 27.7 Å². The number of rotatable bonds is 12. The Balaban J connectivity index is 3.55. The van der Waals surface area contributed by atoms with Crippen molar-refractivity contribution in [1.29, 1.82) is 0 Å². The van der Waals surface area contributed by atoms with Crippen molar-refractivity contribution in [1.82, 2.24) is 0 Å². The number of unbranched alkanes of at least 4 members (excludes halogenated alkanes) is 5. The molecule has 0 aliphatic heterocycles. The summed E-state index contributed by atoms with van der Waals surface area (Å²) in [5, 5.41) is 0. The Labute approximate surface area is 111 Å². The molecule has 0 saturated heterocycles. The summed E-state index contributed by atoms with van der Waals surface area (Å²) >= 11 is 0. The highest BCUT2D eigenvalue weighted by molar-refractivity contribution is 4.63. The summed E-state index contributed by atoms with van der Waals surface area (Å²) in [6.07, 6.45) is 15.8. The van der Waals surface area contributed by atoms with Gasteiger partial charge in [-0.2, -0.15) is 0 Å². The van der Waals surface area contributed by atoms with E-state index in [0.717, 1.165) is 11.8 Å². The van der Waals surface area contributed by atoms with Crippen LogP contribution in [0.5, 0.6) is 0 Å². The predicted molar refractivity (Wildman–Crippen MR) is 80.5 cm³/mol. The lowest BCUT2D eigenvalue weighted by molar-refractivity contribution is 0.331. The summed E-state index contributed by atoms with van der Waals surface area (Å²) in [6, 6.07) is 0. The van der Waals surface area contributed by atoms with Crippen molar-refractivity contribution in [2.45, 2.75) is 98.3 Å². The second-order valence-corrected chi connectivity index (χ2v) is 5.96. The fourth-order valence-corrected chi connectivity index (χ4v) is 2.74. The highest BCUT2D eigenvalue weighted by atomic mass is 14.2. The average Bonchev–Trinajstić information content (AvgIpc) is 2.33. The fourth-order valence-electron chi connectivity index (χ4n) is 2.74. The van der Waals surface area contributed by atoms with Crippen molar-refractivity contribution in [3.63, 3.8) is 0 Å². The molecule has 0 aromatic rings. The van der Waals surface area contributed by atoms with E-state index in [9.17, 15) is 0 Å². The van der Waals surface area contributed by atoms with Crippen LogP contribution in [0.15, 0.2) is 0 Å². The van der Waals surface area contributed by atoms with Gasteiger partial charge in [-0.3, -0.25) is 0 Å². The largest absolute Gasteiger partial charge is 0.0654 e. The van der Waals surface area contributed by atoms with Crippen molar-refractivity contribution < 1.29 is 0 Å². The molecule has 0 N–H and O–H groups in total. The van der Waals surface area contributed by atoms with E-state index in [1.54, 1.807) is 0 Å². The minimum absolute atomic E-state index is 0.937. The smallest absolute Gasteiger partial charge is 0.0412 e. The van der Waals surface area contributed by atoms with Crippen molar-refractivity contribution in [3.05, 3.63) is 0 Å². The normalized spacial score (nSPS) is 14.8. The molecule has 0 heterocycles. The van der Waals surface area contributed by atoms with Crippen LogP contribution >= 0.6 is 0 Å². The molecule has 0 fully saturated rings. The van der Waals surface area contributed by atoms with Gasteiger partial charge in [-0.05, 0) is 18.3 Å². The maximum atomic E-state index is 2.42. The molecular formula is C17H36. The van der Waals surface area contributed by atoms with Gasteiger partial charge < -0.3 is 0 Å². The first-order valence-corrected chi connectivity index (χ1v) is 8.24. The standard InChI is InChI=1S/C17H36/c1-5-8-9-10-11-12-14-17(13-6-2)15-16(4)7-3/h16-17H,5-15H2,1-4H3. The summed E-state index contributed by atoms with van der Waals surface area (Å²) in [5.41, 5.74) is 0. The zero-order valence-electron chi connectivity index (χ0n) is 12.9. The van der Waals surface area contributed by atoms with Gasteiger partial charge in [0.2, 0.25) is 0 Å². The summed E-state index contributed by atoms with van der Waals surface area (Å²) < 4.78 is 0. The van der Waals surface area contributed by atoms with Crippen LogP contribution in [0, 0.1) is 11.8 Å². The van der Waals surface area contributed by atoms with E-state index in [-0.39, 0.29) is 0 Å². The van der Waals surface area contributed by atoms with E-state index in [1.165, 1.54) is 70.6 Å². The molecular weight excluding hydrogens is 204 g/mol. The monoisotopic (exact) mass is 240 g/mol. The Morgan fingerprint density at radius 3 is 1.94 bits per heavy atom. The lowest BCUT2D eigenvalue weighted by Crippen LogP contribution is -2.06. The molecule has 0 nitrogen and oxygen atoms in total. The van der Waals surface area contributed by atoms with Crippen LogP contribution in [0.2, 0.25) is 0 Å². The molecule has 0 bridgehead atoms. The van der Waals surface area contributed by atoms with Gasteiger partial charge in [0.25, 0.3) is 0 Å². The van der Waals surface area contributed by atoms with Gasteiger partial charge in [0.15, 0.2) is 0 Å². The fraction of sp³-hybridized carbons (Fsp3) is 1.00. The Bertz CT molecular complexity index is 139. The topological polar surface area (TPSA) is 0 Å². The minimum Gasteiger partial charge on any atom is -0.0654 e. The van der Waals surface area contributed by atoms with Crippen molar-refractivity contribution in [3.8, 4) is 0 Å². The maximum Gasteiger partial charge on any atom is -0.0412 e. The first-order valence-electron chi connectivity index (χ1n) is 8.24. The van der Waals surface area contributed by atoms with Crippen LogP contribution in [0.4, 0.5) is 0 Å². The van der Waals surface area contributed by atoms with E-state index < -0.39 is 0 Å². The van der Waals surface area contributed by atoms with Crippen LogP contribution < -0.4 is 0 Å².